The van der Waals surface area contributed by atoms with Crippen molar-refractivity contribution in [2.24, 2.45) is 0 Å². The molecule has 21 heavy (non-hydrogen) atoms. The van der Waals surface area contributed by atoms with Gasteiger partial charge in [0, 0.05) is 13.2 Å². The van der Waals surface area contributed by atoms with E-state index in [0.717, 1.165) is 5.56 Å². The van der Waals surface area contributed by atoms with Crippen LogP contribution in [0.25, 0.3) is 6.08 Å². The Morgan fingerprint density at radius 2 is 1.71 bits per heavy atom. The maximum Gasteiger partial charge on any atom is 0.338 e. The summed E-state index contributed by atoms with van der Waals surface area (Å²) >= 11 is 0. The lowest BCUT2D eigenvalue weighted by Gasteiger charge is -2.22. The summed E-state index contributed by atoms with van der Waals surface area (Å²) in [4.78, 5) is 12.0. The van der Waals surface area contributed by atoms with Gasteiger partial charge in [0.1, 0.15) is 6.10 Å². The van der Waals surface area contributed by atoms with Gasteiger partial charge in [-0.15, -0.1) is 0 Å². The molecule has 0 aliphatic heterocycles. The number of carbonyl (C=O) groups excluding carboxylic acids is 1. The predicted octanol–water partition coefficient (Wildman–Crippen LogP) is 3.07. The molecule has 0 bridgehead atoms. The fourth-order valence-corrected chi connectivity index (χ4v) is 1.91. The Hall–Kier alpha value is -1.65. The summed E-state index contributed by atoms with van der Waals surface area (Å²) in [5.74, 6) is -0.393. The lowest BCUT2D eigenvalue weighted by atomic mass is 10.1. The maximum absolute atomic E-state index is 12.0. The largest absolute Gasteiger partial charge is 0.464 e. The van der Waals surface area contributed by atoms with Crippen LogP contribution in [0.1, 0.15) is 26.3 Å². The van der Waals surface area contributed by atoms with Gasteiger partial charge in [0.05, 0.1) is 6.61 Å². The van der Waals surface area contributed by atoms with Crippen molar-refractivity contribution in [2.45, 2.75) is 33.0 Å². The standard InChI is InChI=1S/C17H24O4/c1-4-19-15(13-12-14-10-8-7-9-11-14)16(20-5-2)17(18)21-6-3/h7-13,15-16H,4-6H2,1-3H3/b13-12+. The summed E-state index contributed by atoms with van der Waals surface area (Å²) in [6.07, 6.45) is 2.56. The summed E-state index contributed by atoms with van der Waals surface area (Å²) in [5, 5.41) is 0. The van der Waals surface area contributed by atoms with Crippen LogP contribution in [-0.4, -0.2) is 38.0 Å². The number of benzene rings is 1. The Bertz CT molecular complexity index is 428. The number of rotatable bonds is 9. The van der Waals surface area contributed by atoms with E-state index in [2.05, 4.69) is 0 Å². The monoisotopic (exact) mass is 292 g/mol. The zero-order chi connectivity index (χ0) is 15.5. The molecule has 1 rings (SSSR count). The lowest BCUT2D eigenvalue weighted by molar-refractivity contribution is -0.164. The van der Waals surface area contributed by atoms with E-state index in [1.807, 2.05) is 56.3 Å². The molecular weight excluding hydrogens is 268 g/mol. The number of esters is 1. The van der Waals surface area contributed by atoms with E-state index in [1.54, 1.807) is 6.92 Å². The van der Waals surface area contributed by atoms with Crippen LogP contribution in [0.3, 0.4) is 0 Å². The maximum atomic E-state index is 12.0. The van der Waals surface area contributed by atoms with Crippen LogP contribution < -0.4 is 0 Å². The molecule has 0 saturated carbocycles. The number of hydrogen-bond acceptors (Lipinski definition) is 4. The van der Waals surface area contributed by atoms with Crippen LogP contribution in [0.5, 0.6) is 0 Å². The third-order valence-corrected chi connectivity index (χ3v) is 2.80. The molecule has 0 amide bonds. The van der Waals surface area contributed by atoms with Crippen molar-refractivity contribution in [1.29, 1.82) is 0 Å². The summed E-state index contributed by atoms with van der Waals surface area (Å²) in [6.45, 7) is 6.74. The minimum absolute atomic E-state index is 0.323. The smallest absolute Gasteiger partial charge is 0.338 e. The fourth-order valence-electron chi connectivity index (χ4n) is 1.91. The van der Waals surface area contributed by atoms with Crippen LogP contribution in [0, 0.1) is 0 Å². The molecular formula is C17H24O4. The highest BCUT2D eigenvalue weighted by Crippen LogP contribution is 2.12. The minimum Gasteiger partial charge on any atom is -0.464 e. The number of carbonyl (C=O) groups is 1. The van der Waals surface area contributed by atoms with E-state index >= 15 is 0 Å². The lowest BCUT2D eigenvalue weighted by Crippen LogP contribution is -2.38. The van der Waals surface area contributed by atoms with Crippen LogP contribution in [-0.2, 0) is 19.0 Å². The SMILES string of the molecule is CCOC(=O)C(OCC)C(/C=C/c1ccccc1)OCC. The zero-order valence-electron chi connectivity index (χ0n) is 13.0. The average molecular weight is 292 g/mol. The highest BCUT2D eigenvalue weighted by atomic mass is 16.6. The molecule has 0 aliphatic rings. The molecule has 2 unspecified atom stereocenters. The zero-order valence-corrected chi connectivity index (χ0v) is 13.0. The first-order valence-corrected chi connectivity index (χ1v) is 7.36. The van der Waals surface area contributed by atoms with Gasteiger partial charge in [-0.25, -0.2) is 4.79 Å². The first kappa shape index (κ1) is 17.4. The molecule has 0 heterocycles. The van der Waals surface area contributed by atoms with Crippen molar-refractivity contribution in [1.82, 2.24) is 0 Å². The van der Waals surface area contributed by atoms with Crippen molar-refractivity contribution >= 4 is 12.0 Å². The van der Waals surface area contributed by atoms with Gasteiger partial charge in [-0.2, -0.15) is 0 Å². The Balaban J connectivity index is 2.85. The summed E-state index contributed by atoms with van der Waals surface area (Å²) in [7, 11) is 0. The van der Waals surface area contributed by atoms with Gasteiger partial charge in [0.25, 0.3) is 0 Å². The van der Waals surface area contributed by atoms with E-state index in [9.17, 15) is 4.79 Å². The van der Waals surface area contributed by atoms with E-state index in [0.29, 0.717) is 19.8 Å². The van der Waals surface area contributed by atoms with Crippen LogP contribution in [0.15, 0.2) is 36.4 Å². The van der Waals surface area contributed by atoms with E-state index in [1.165, 1.54) is 0 Å². The molecule has 116 valence electrons. The van der Waals surface area contributed by atoms with Crippen molar-refractivity contribution in [3.05, 3.63) is 42.0 Å². The van der Waals surface area contributed by atoms with Gasteiger partial charge in [0.2, 0.25) is 0 Å². The Morgan fingerprint density at radius 1 is 1.05 bits per heavy atom. The highest BCUT2D eigenvalue weighted by molar-refractivity contribution is 5.76. The molecule has 2 atom stereocenters. The van der Waals surface area contributed by atoms with Crippen LogP contribution in [0.4, 0.5) is 0 Å². The van der Waals surface area contributed by atoms with E-state index in [4.69, 9.17) is 14.2 Å². The van der Waals surface area contributed by atoms with Crippen molar-refractivity contribution in [2.75, 3.05) is 19.8 Å². The molecule has 0 aromatic heterocycles. The Kier molecular flexibility index (Phi) is 8.40. The Labute approximate surface area is 126 Å². The topological polar surface area (TPSA) is 44.8 Å². The second-order valence-electron chi connectivity index (χ2n) is 4.32. The van der Waals surface area contributed by atoms with Crippen LogP contribution >= 0.6 is 0 Å². The summed E-state index contributed by atoms with van der Waals surface area (Å²) in [5.41, 5.74) is 1.04. The minimum atomic E-state index is -0.741. The molecule has 0 radical (unpaired) electrons. The van der Waals surface area contributed by atoms with Crippen molar-refractivity contribution in [3.63, 3.8) is 0 Å². The van der Waals surface area contributed by atoms with Gasteiger partial charge in [-0.3, -0.25) is 0 Å². The van der Waals surface area contributed by atoms with Gasteiger partial charge < -0.3 is 14.2 Å². The molecule has 0 N–H and O–H groups in total. The molecule has 1 aromatic carbocycles. The van der Waals surface area contributed by atoms with E-state index < -0.39 is 18.2 Å². The molecule has 0 fully saturated rings. The first-order chi connectivity index (χ1) is 10.2. The molecule has 4 nitrogen and oxygen atoms in total. The second kappa shape index (κ2) is 10.1. The summed E-state index contributed by atoms with van der Waals surface area (Å²) in [6, 6.07) is 9.85. The van der Waals surface area contributed by atoms with Crippen molar-refractivity contribution < 1.29 is 19.0 Å². The third-order valence-electron chi connectivity index (χ3n) is 2.80. The summed E-state index contributed by atoms with van der Waals surface area (Å²) < 4.78 is 16.2. The molecule has 1 aromatic rings. The van der Waals surface area contributed by atoms with E-state index in [-0.39, 0.29) is 0 Å². The van der Waals surface area contributed by atoms with Crippen molar-refractivity contribution in [3.8, 4) is 0 Å². The second-order valence-corrected chi connectivity index (χ2v) is 4.32. The third kappa shape index (κ3) is 6.10. The van der Waals surface area contributed by atoms with Gasteiger partial charge in [0.15, 0.2) is 6.10 Å². The highest BCUT2D eigenvalue weighted by Gasteiger charge is 2.29. The van der Waals surface area contributed by atoms with Crippen LogP contribution in [0.2, 0.25) is 0 Å². The molecule has 0 saturated heterocycles. The predicted molar refractivity (Wildman–Crippen MR) is 82.9 cm³/mol. The van der Waals surface area contributed by atoms with Gasteiger partial charge in [-0.1, -0.05) is 42.5 Å². The van der Waals surface area contributed by atoms with Gasteiger partial charge in [-0.05, 0) is 26.3 Å². The molecule has 0 aliphatic carbocycles. The average Bonchev–Trinajstić information content (AvgIpc) is 2.50. The number of hydrogen-bond donors (Lipinski definition) is 0. The number of ether oxygens (including phenoxy) is 3. The molecule has 4 heteroatoms. The van der Waals surface area contributed by atoms with Gasteiger partial charge >= 0.3 is 5.97 Å². The first-order valence-electron chi connectivity index (χ1n) is 7.36. The fraction of sp³-hybridized carbons (Fsp3) is 0.471. The Morgan fingerprint density at radius 3 is 2.29 bits per heavy atom. The molecule has 0 spiro atoms. The normalized spacial score (nSPS) is 14.0. The quantitative estimate of drug-likeness (QED) is 0.656.